The fraction of sp³-hybridized carbons (Fsp3) is 0.647. The van der Waals surface area contributed by atoms with Crippen molar-refractivity contribution < 1.29 is 30.7 Å². The van der Waals surface area contributed by atoms with Gasteiger partial charge in [-0.3, -0.25) is 0 Å². The molecule has 2 nitrogen and oxygen atoms in total. The van der Waals surface area contributed by atoms with Crippen LogP contribution in [0.25, 0.3) is 0 Å². The Kier molecular flexibility index (Phi) is 5.22. The van der Waals surface area contributed by atoms with Crippen molar-refractivity contribution in [3.05, 3.63) is 35.1 Å². The predicted octanol–water partition coefficient (Wildman–Crippen LogP) is 4.06. The van der Waals surface area contributed by atoms with Crippen molar-refractivity contribution >= 4 is 0 Å². The van der Waals surface area contributed by atoms with Crippen molar-refractivity contribution in [2.75, 3.05) is 26.2 Å². The number of halogens is 7. The molecule has 0 spiro atoms. The first-order valence-electron chi connectivity index (χ1n) is 8.40. The highest BCUT2D eigenvalue weighted by Crippen LogP contribution is 2.51. The average Bonchev–Trinajstić information content (AvgIpc) is 2.97. The van der Waals surface area contributed by atoms with Gasteiger partial charge in [0.05, 0.1) is 12.0 Å². The molecule has 1 aromatic rings. The summed E-state index contributed by atoms with van der Waals surface area (Å²) in [5.41, 5.74) is -0.934. The van der Waals surface area contributed by atoms with Crippen LogP contribution in [0.2, 0.25) is 0 Å². The Morgan fingerprint density at radius 2 is 1.69 bits per heavy atom. The van der Waals surface area contributed by atoms with Gasteiger partial charge in [-0.15, -0.1) is 0 Å². The van der Waals surface area contributed by atoms with Crippen LogP contribution in [0.1, 0.15) is 17.5 Å². The van der Waals surface area contributed by atoms with Gasteiger partial charge in [-0.1, -0.05) is 6.07 Å². The minimum Gasteiger partial charge on any atom is -0.312 e. The number of piperidine rings is 1. The molecule has 26 heavy (non-hydrogen) atoms. The number of benzene rings is 1. The molecule has 3 rings (SSSR count). The minimum atomic E-state index is -4.73. The lowest BCUT2D eigenvalue weighted by atomic mass is 10.1. The van der Waals surface area contributed by atoms with Gasteiger partial charge in [0.15, 0.2) is 0 Å². The Morgan fingerprint density at radius 1 is 1.04 bits per heavy atom. The molecular formula is C17H19F7N2. The summed E-state index contributed by atoms with van der Waals surface area (Å²) in [7, 11) is 0. The summed E-state index contributed by atoms with van der Waals surface area (Å²) in [6, 6.07) is 2.92. The van der Waals surface area contributed by atoms with Gasteiger partial charge in [-0.25, -0.2) is 4.39 Å². The van der Waals surface area contributed by atoms with Crippen molar-refractivity contribution in [2.24, 2.45) is 17.8 Å². The zero-order valence-corrected chi connectivity index (χ0v) is 13.8. The molecular weight excluding hydrogens is 365 g/mol. The summed E-state index contributed by atoms with van der Waals surface area (Å²) >= 11 is 0. The molecule has 146 valence electrons. The van der Waals surface area contributed by atoms with Crippen LogP contribution in [-0.2, 0) is 12.7 Å². The molecule has 0 amide bonds. The van der Waals surface area contributed by atoms with Crippen LogP contribution in [0.3, 0.4) is 0 Å². The van der Waals surface area contributed by atoms with Gasteiger partial charge in [0.2, 0.25) is 0 Å². The van der Waals surface area contributed by atoms with Gasteiger partial charge >= 0.3 is 12.4 Å². The quantitative estimate of drug-likeness (QED) is 0.744. The molecule has 1 N–H and O–H groups in total. The summed E-state index contributed by atoms with van der Waals surface area (Å²) < 4.78 is 87.9. The lowest BCUT2D eigenvalue weighted by Crippen LogP contribution is -2.30. The van der Waals surface area contributed by atoms with E-state index in [1.165, 1.54) is 6.07 Å². The third kappa shape index (κ3) is 4.68. The fourth-order valence-corrected chi connectivity index (χ4v) is 3.79. The van der Waals surface area contributed by atoms with Gasteiger partial charge in [-0.05, 0) is 42.0 Å². The van der Waals surface area contributed by atoms with E-state index in [2.05, 4.69) is 5.32 Å². The van der Waals surface area contributed by atoms with Gasteiger partial charge < -0.3 is 10.2 Å². The number of rotatable bonds is 6. The van der Waals surface area contributed by atoms with Crippen molar-refractivity contribution in [1.82, 2.24) is 10.2 Å². The molecule has 2 unspecified atom stereocenters. The second-order valence-corrected chi connectivity index (χ2v) is 7.06. The molecule has 1 saturated carbocycles. The molecule has 0 radical (unpaired) electrons. The molecule has 1 aromatic carbocycles. The lowest BCUT2D eigenvalue weighted by Gasteiger charge is -2.20. The van der Waals surface area contributed by atoms with Crippen LogP contribution in [0.5, 0.6) is 0 Å². The van der Waals surface area contributed by atoms with Crippen LogP contribution in [-0.4, -0.2) is 37.3 Å². The smallest absolute Gasteiger partial charge is 0.312 e. The van der Waals surface area contributed by atoms with E-state index in [9.17, 15) is 30.7 Å². The van der Waals surface area contributed by atoms with E-state index in [-0.39, 0.29) is 13.1 Å². The molecule has 2 aliphatic rings. The highest BCUT2D eigenvalue weighted by atomic mass is 19.4. The third-order valence-electron chi connectivity index (χ3n) is 5.20. The van der Waals surface area contributed by atoms with Gasteiger partial charge in [0, 0.05) is 26.2 Å². The maximum atomic E-state index is 13.2. The molecule has 0 aromatic heterocycles. The number of hydrogen-bond donors (Lipinski definition) is 1. The SMILES string of the molecule is Fc1ccc(CNCC2C3CN(CCC(F)(F)F)CC23)cc1C(F)(F)F. The maximum absolute atomic E-state index is 13.2. The van der Waals surface area contributed by atoms with E-state index in [0.717, 1.165) is 12.1 Å². The third-order valence-corrected chi connectivity index (χ3v) is 5.20. The Balaban J connectivity index is 1.40. The average molecular weight is 384 g/mol. The maximum Gasteiger partial charge on any atom is 0.419 e. The van der Waals surface area contributed by atoms with Crippen LogP contribution in [0, 0.1) is 23.6 Å². The number of fused-ring (bicyclic) bond motifs is 1. The molecule has 1 aliphatic heterocycles. The number of nitrogens with zero attached hydrogens (tertiary/aromatic N) is 1. The van der Waals surface area contributed by atoms with E-state index in [0.29, 0.717) is 43.0 Å². The number of likely N-dealkylation sites (tertiary alicyclic amines) is 1. The van der Waals surface area contributed by atoms with Crippen molar-refractivity contribution in [2.45, 2.75) is 25.3 Å². The van der Waals surface area contributed by atoms with Gasteiger partial charge in [0.1, 0.15) is 5.82 Å². The van der Waals surface area contributed by atoms with E-state index in [1.54, 1.807) is 0 Å². The largest absolute Gasteiger partial charge is 0.419 e. The van der Waals surface area contributed by atoms with E-state index < -0.39 is 30.2 Å². The second kappa shape index (κ2) is 6.99. The Morgan fingerprint density at radius 3 is 2.27 bits per heavy atom. The summed E-state index contributed by atoms with van der Waals surface area (Å²) in [6.07, 6.45) is -9.67. The van der Waals surface area contributed by atoms with Crippen LogP contribution >= 0.6 is 0 Å². The molecule has 0 bridgehead atoms. The standard InChI is InChI=1S/C17H19F7N2/c18-15-2-1-10(5-14(15)17(22,23)24)6-25-7-11-12-8-26(9-13(11)12)4-3-16(19,20)21/h1-2,5,11-13,25H,3-4,6-9H2. The summed E-state index contributed by atoms with van der Waals surface area (Å²) in [5, 5.41) is 3.07. The first kappa shape index (κ1) is 19.4. The lowest BCUT2D eigenvalue weighted by molar-refractivity contribution is -0.140. The second-order valence-electron chi connectivity index (χ2n) is 7.06. The molecule has 9 heteroatoms. The number of hydrogen-bond acceptors (Lipinski definition) is 2. The molecule has 1 aliphatic carbocycles. The minimum absolute atomic E-state index is 0.0203. The van der Waals surface area contributed by atoms with Crippen LogP contribution < -0.4 is 5.32 Å². The van der Waals surface area contributed by atoms with Crippen molar-refractivity contribution in [3.8, 4) is 0 Å². The zero-order chi connectivity index (χ0) is 19.1. The van der Waals surface area contributed by atoms with E-state index in [4.69, 9.17) is 0 Å². The molecule has 1 heterocycles. The molecule has 2 fully saturated rings. The van der Waals surface area contributed by atoms with E-state index in [1.807, 2.05) is 4.90 Å². The van der Waals surface area contributed by atoms with Gasteiger partial charge in [0.25, 0.3) is 0 Å². The normalized spacial score (nSPS) is 26.2. The highest BCUT2D eigenvalue weighted by molar-refractivity contribution is 5.27. The monoisotopic (exact) mass is 384 g/mol. The number of alkyl halides is 6. The Hall–Kier alpha value is -1.35. The Labute approximate surface area is 146 Å². The topological polar surface area (TPSA) is 15.3 Å². The first-order chi connectivity index (χ1) is 12.0. The van der Waals surface area contributed by atoms with Crippen LogP contribution in [0.15, 0.2) is 18.2 Å². The summed E-state index contributed by atoms with van der Waals surface area (Å²) in [4.78, 5) is 1.81. The number of nitrogens with one attached hydrogen (secondary N) is 1. The van der Waals surface area contributed by atoms with Crippen molar-refractivity contribution in [3.63, 3.8) is 0 Å². The predicted molar refractivity (Wildman–Crippen MR) is 80.7 cm³/mol. The van der Waals surface area contributed by atoms with Crippen molar-refractivity contribution in [1.29, 1.82) is 0 Å². The molecule has 1 saturated heterocycles. The van der Waals surface area contributed by atoms with Gasteiger partial charge in [-0.2, -0.15) is 26.3 Å². The van der Waals surface area contributed by atoms with E-state index >= 15 is 0 Å². The molecule has 2 atom stereocenters. The van der Waals surface area contributed by atoms with Crippen LogP contribution in [0.4, 0.5) is 30.7 Å². The fourth-order valence-electron chi connectivity index (χ4n) is 3.79. The summed E-state index contributed by atoms with van der Waals surface area (Å²) in [5.74, 6) is -0.235. The Bertz CT molecular complexity index is 629. The zero-order valence-electron chi connectivity index (χ0n) is 13.8. The summed E-state index contributed by atoms with van der Waals surface area (Å²) in [6.45, 7) is 2.09. The first-order valence-corrected chi connectivity index (χ1v) is 8.40. The highest BCUT2D eigenvalue weighted by Gasteiger charge is 2.54.